The van der Waals surface area contributed by atoms with Crippen molar-refractivity contribution in [2.75, 3.05) is 32.7 Å². The molecule has 0 saturated carbocycles. The van der Waals surface area contributed by atoms with Crippen LogP contribution in [-0.2, 0) is 10.0 Å². The van der Waals surface area contributed by atoms with E-state index >= 15 is 0 Å². The molecule has 0 atom stereocenters. The van der Waals surface area contributed by atoms with Gasteiger partial charge in [-0.15, -0.1) is 0 Å². The summed E-state index contributed by atoms with van der Waals surface area (Å²) in [6.45, 7) is 7.83. The van der Waals surface area contributed by atoms with Crippen molar-refractivity contribution < 1.29 is 8.42 Å². The lowest BCUT2D eigenvalue weighted by molar-refractivity contribution is 0.172. The Balaban J connectivity index is 2.04. The molecule has 0 unspecified atom stereocenters. The maximum Gasteiger partial charge on any atom is 0.246 e. The monoisotopic (exact) mass is 318 g/mol. The average molecular weight is 319 g/mol. The lowest BCUT2D eigenvalue weighted by Gasteiger charge is -2.34. The maximum absolute atomic E-state index is 12.4. The number of hydrogen-bond donors (Lipinski definition) is 0. The first kappa shape index (κ1) is 15.6. The highest BCUT2D eigenvalue weighted by Crippen LogP contribution is 2.17. The zero-order valence-electron chi connectivity index (χ0n) is 11.7. The molecule has 1 aromatic heterocycles. The average Bonchev–Trinajstić information content (AvgIpc) is 2.39. The van der Waals surface area contributed by atoms with Gasteiger partial charge in [0, 0.05) is 32.7 Å². The molecule has 112 valence electrons. The SMILES string of the molecule is CC(C)CN1CCN(S(=O)(=O)c2cnc(Cl)nc2)CC1. The van der Waals surface area contributed by atoms with Crippen molar-refractivity contribution in [3.63, 3.8) is 0 Å². The van der Waals surface area contributed by atoms with Gasteiger partial charge >= 0.3 is 0 Å². The van der Waals surface area contributed by atoms with Gasteiger partial charge in [0.1, 0.15) is 4.90 Å². The van der Waals surface area contributed by atoms with Gasteiger partial charge in [-0.1, -0.05) is 13.8 Å². The van der Waals surface area contributed by atoms with E-state index in [0.29, 0.717) is 19.0 Å². The molecule has 6 nitrogen and oxygen atoms in total. The van der Waals surface area contributed by atoms with E-state index in [-0.39, 0.29) is 10.2 Å². The van der Waals surface area contributed by atoms with Gasteiger partial charge in [-0.05, 0) is 17.5 Å². The van der Waals surface area contributed by atoms with Crippen molar-refractivity contribution in [1.82, 2.24) is 19.2 Å². The van der Waals surface area contributed by atoms with Crippen molar-refractivity contribution in [3.8, 4) is 0 Å². The molecule has 2 heterocycles. The highest BCUT2D eigenvalue weighted by atomic mass is 35.5. The van der Waals surface area contributed by atoms with E-state index < -0.39 is 10.0 Å². The molecule has 0 aromatic carbocycles. The summed E-state index contributed by atoms with van der Waals surface area (Å²) in [6, 6.07) is 0. The molecule has 0 radical (unpaired) electrons. The topological polar surface area (TPSA) is 66.4 Å². The van der Waals surface area contributed by atoms with Gasteiger partial charge in [-0.2, -0.15) is 4.31 Å². The standard InChI is InChI=1S/C12H19ClN4O2S/c1-10(2)9-16-3-5-17(6-4-16)20(18,19)11-7-14-12(13)15-8-11/h7-8,10H,3-6,9H2,1-2H3. The Morgan fingerprint density at radius 2 is 1.75 bits per heavy atom. The molecule has 0 aliphatic carbocycles. The number of aromatic nitrogens is 2. The van der Waals surface area contributed by atoms with Crippen LogP contribution >= 0.6 is 11.6 Å². The van der Waals surface area contributed by atoms with Gasteiger partial charge < -0.3 is 4.90 Å². The Morgan fingerprint density at radius 1 is 1.20 bits per heavy atom. The smallest absolute Gasteiger partial charge is 0.246 e. The number of sulfonamides is 1. The van der Waals surface area contributed by atoms with E-state index in [0.717, 1.165) is 19.6 Å². The summed E-state index contributed by atoms with van der Waals surface area (Å²) >= 11 is 5.58. The summed E-state index contributed by atoms with van der Waals surface area (Å²) in [5.41, 5.74) is 0. The number of rotatable bonds is 4. The Hall–Kier alpha value is -0.760. The van der Waals surface area contributed by atoms with Crippen LogP contribution in [0.3, 0.4) is 0 Å². The van der Waals surface area contributed by atoms with Crippen molar-refractivity contribution in [2.24, 2.45) is 5.92 Å². The van der Waals surface area contributed by atoms with E-state index in [1.54, 1.807) is 0 Å². The zero-order valence-corrected chi connectivity index (χ0v) is 13.2. The van der Waals surface area contributed by atoms with Crippen molar-refractivity contribution in [1.29, 1.82) is 0 Å². The van der Waals surface area contributed by atoms with Gasteiger partial charge in [0.05, 0.1) is 12.4 Å². The normalized spacial score (nSPS) is 18.6. The largest absolute Gasteiger partial charge is 0.300 e. The predicted octanol–water partition coefficient (Wildman–Crippen LogP) is 1.09. The van der Waals surface area contributed by atoms with Crippen LogP contribution < -0.4 is 0 Å². The summed E-state index contributed by atoms with van der Waals surface area (Å²) in [6.07, 6.45) is 2.51. The third-order valence-electron chi connectivity index (χ3n) is 3.19. The van der Waals surface area contributed by atoms with Gasteiger partial charge in [0.2, 0.25) is 15.3 Å². The van der Waals surface area contributed by atoms with Crippen LogP contribution in [-0.4, -0.2) is 60.3 Å². The number of hydrogen-bond acceptors (Lipinski definition) is 5. The zero-order chi connectivity index (χ0) is 14.8. The second-order valence-electron chi connectivity index (χ2n) is 5.29. The Bertz CT molecular complexity index is 539. The molecule has 1 aliphatic heterocycles. The molecule has 0 amide bonds. The number of piperazine rings is 1. The predicted molar refractivity (Wildman–Crippen MR) is 77.1 cm³/mol. The van der Waals surface area contributed by atoms with Gasteiger partial charge in [0.25, 0.3) is 0 Å². The number of halogens is 1. The number of nitrogens with zero attached hydrogens (tertiary/aromatic N) is 4. The van der Waals surface area contributed by atoms with Crippen LogP contribution in [0.25, 0.3) is 0 Å². The fraction of sp³-hybridized carbons (Fsp3) is 0.667. The third-order valence-corrected chi connectivity index (χ3v) is 5.24. The van der Waals surface area contributed by atoms with Crippen molar-refractivity contribution in [2.45, 2.75) is 18.7 Å². The van der Waals surface area contributed by atoms with E-state index in [9.17, 15) is 8.42 Å². The van der Waals surface area contributed by atoms with Crippen molar-refractivity contribution >= 4 is 21.6 Å². The molecule has 8 heteroatoms. The van der Waals surface area contributed by atoms with Crippen LogP contribution in [0.5, 0.6) is 0 Å². The minimum Gasteiger partial charge on any atom is -0.300 e. The lowest BCUT2D eigenvalue weighted by atomic mass is 10.2. The Labute approximate surface area is 124 Å². The molecule has 0 N–H and O–H groups in total. The van der Waals surface area contributed by atoms with Gasteiger partial charge in [0.15, 0.2) is 0 Å². The van der Waals surface area contributed by atoms with Crippen LogP contribution in [0.15, 0.2) is 17.3 Å². The van der Waals surface area contributed by atoms with Crippen LogP contribution in [0.2, 0.25) is 5.28 Å². The van der Waals surface area contributed by atoms with E-state index in [4.69, 9.17) is 11.6 Å². The molecule has 0 bridgehead atoms. The van der Waals surface area contributed by atoms with Crippen LogP contribution in [0.1, 0.15) is 13.8 Å². The van der Waals surface area contributed by atoms with Gasteiger partial charge in [-0.3, -0.25) is 0 Å². The molecular weight excluding hydrogens is 300 g/mol. The Kier molecular flexibility index (Phi) is 4.95. The maximum atomic E-state index is 12.4. The summed E-state index contributed by atoms with van der Waals surface area (Å²) in [5, 5.41) is 0.0469. The molecule has 2 rings (SSSR count). The van der Waals surface area contributed by atoms with E-state index in [1.807, 2.05) is 0 Å². The highest BCUT2D eigenvalue weighted by Gasteiger charge is 2.29. The van der Waals surface area contributed by atoms with Crippen molar-refractivity contribution in [3.05, 3.63) is 17.7 Å². The summed E-state index contributed by atoms with van der Waals surface area (Å²) in [5.74, 6) is 0.586. The quantitative estimate of drug-likeness (QED) is 0.778. The molecule has 0 spiro atoms. The minimum atomic E-state index is -3.51. The fourth-order valence-electron chi connectivity index (χ4n) is 2.25. The van der Waals surface area contributed by atoms with Gasteiger partial charge in [-0.25, -0.2) is 18.4 Å². The highest BCUT2D eigenvalue weighted by molar-refractivity contribution is 7.89. The second kappa shape index (κ2) is 6.34. The molecule has 1 aromatic rings. The van der Waals surface area contributed by atoms with Crippen LogP contribution in [0, 0.1) is 5.92 Å². The van der Waals surface area contributed by atoms with E-state index in [1.165, 1.54) is 16.7 Å². The molecule has 20 heavy (non-hydrogen) atoms. The summed E-state index contributed by atoms with van der Waals surface area (Å²) in [4.78, 5) is 9.85. The minimum absolute atomic E-state index is 0.0469. The third kappa shape index (κ3) is 3.66. The van der Waals surface area contributed by atoms with E-state index in [2.05, 4.69) is 28.7 Å². The Morgan fingerprint density at radius 3 is 2.25 bits per heavy atom. The molecule has 1 aliphatic rings. The first-order chi connectivity index (χ1) is 9.39. The molecule has 1 saturated heterocycles. The second-order valence-corrected chi connectivity index (χ2v) is 7.56. The lowest BCUT2D eigenvalue weighted by Crippen LogP contribution is -2.49. The first-order valence-electron chi connectivity index (χ1n) is 6.59. The molecule has 1 fully saturated rings. The molecular formula is C12H19ClN4O2S. The summed E-state index contributed by atoms with van der Waals surface area (Å²) in [7, 11) is -3.51. The summed E-state index contributed by atoms with van der Waals surface area (Å²) < 4.78 is 26.3. The van der Waals surface area contributed by atoms with Crippen LogP contribution in [0.4, 0.5) is 0 Å². The first-order valence-corrected chi connectivity index (χ1v) is 8.41. The fourth-order valence-corrected chi connectivity index (χ4v) is 3.66.